The van der Waals surface area contributed by atoms with Gasteiger partial charge in [0, 0.05) is 13.1 Å². The van der Waals surface area contributed by atoms with Crippen molar-refractivity contribution in [3.63, 3.8) is 0 Å². The van der Waals surface area contributed by atoms with Gasteiger partial charge in [-0.3, -0.25) is 9.59 Å². The summed E-state index contributed by atoms with van der Waals surface area (Å²) < 4.78 is 0. The van der Waals surface area contributed by atoms with Gasteiger partial charge in [0.05, 0.1) is 17.6 Å². The number of imide groups is 1. The maximum atomic E-state index is 13.7. The zero-order valence-corrected chi connectivity index (χ0v) is 17.5. The van der Waals surface area contributed by atoms with Gasteiger partial charge in [-0.2, -0.15) is 0 Å². The third-order valence-corrected chi connectivity index (χ3v) is 6.68. The quantitative estimate of drug-likeness (QED) is 0.738. The topological polar surface area (TPSA) is 43.9 Å². The number of hydrogen-bond donors (Lipinski definition) is 0. The van der Waals surface area contributed by atoms with Gasteiger partial charge in [-0.15, -0.1) is 0 Å². The SMILES string of the molecule is Cc1ccc([C@H]2[C@H]3C(=O)N(c4c(C)cc(C)cc4C)C(=O)[C@H]3N3CCCN23)cc1. The first-order valence-electron chi connectivity index (χ1n) is 10.4. The van der Waals surface area contributed by atoms with E-state index in [9.17, 15) is 9.59 Å². The van der Waals surface area contributed by atoms with E-state index >= 15 is 0 Å². The highest BCUT2D eigenvalue weighted by atomic mass is 16.2. The number of hydrazine groups is 1. The minimum atomic E-state index is -0.392. The highest BCUT2D eigenvalue weighted by Crippen LogP contribution is 2.49. The van der Waals surface area contributed by atoms with Crippen LogP contribution in [0.4, 0.5) is 5.69 Å². The van der Waals surface area contributed by atoms with E-state index in [0.29, 0.717) is 0 Å². The number of rotatable bonds is 2. The number of carbonyl (C=O) groups is 2. The van der Waals surface area contributed by atoms with E-state index in [2.05, 4.69) is 53.3 Å². The van der Waals surface area contributed by atoms with E-state index < -0.39 is 6.04 Å². The van der Waals surface area contributed by atoms with Crippen LogP contribution in [-0.4, -0.2) is 41.0 Å². The van der Waals surface area contributed by atoms with E-state index in [4.69, 9.17) is 0 Å². The number of hydrogen-bond acceptors (Lipinski definition) is 4. The molecule has 5 heteroatoms. The lowest BCUT2D eigenvalue weighted by Crippen LogP contribution is -2.44. The van der Waals surface area contributed by atoms with Gasteiger partial charge in [0.15, 0.2) is 0 Å². The molecule has 3 atom stereocenters. The molecule has 3 fully saturated rings. The molecule has 3 saturated heterocycles. The molecule has 3 aliphatic rings. The second kappa shape index (κ2) is 6.51. The third kappa shape index (κ3) is 2.61. The van der Waals surface area contributed by atoms with Gasteiger partial charge >= 0.3 is 0 Å². The summed E-state index contributed by atoms with van der Waals surface area (Å²) in [4.78, 5) is 28.8. The maximum Gasteiger partial charge on any atom is 0.253 e. The van der Waals surface area contributed by atoms with Crippen molar-refractivity contribution in [3.8, 4) is 0 Å². The predicted molar refractivity (Wildman–Crippen MR) is 112 cm³/mol. The van der Waals surface area contributed by atoms with Crippen molar-refractivity contribution < 1.29 is 9.59 Å². The minimum absolute atomic E-state index is 0.0602. The fourth-order valence-corrected chi connectivity index (χ4v) is 5.62. The van der Waals surface area contributed by atoms with Crippen molar-refractivity contribution in [2.45, 2.75) is 46.2 Å². The van der Waals surface area contributed by atoms with E-state index in [-0.39, 0.29) is 23.8 Å². The summed E-state index contributed by atoms with van der Waals surface area (Å²) >= 11 is 0. The van der Waals surface area contributed by atoms with Crippen molar-refractivity contribution in [2.24, 2.45) is 5.92 Å². The van der Waals surface area contributed by atoms with Gasteiger partial charge < -0.3 is 0 Å². The number of amides is 2. The Hall–Kier alpha value is -2.50. The molecular formula is C24H27N3O2. The van der Waals surface area contributed by atoms with E-state index in [1.54, 1.807) is 0 Å². The first-order valence-corrected chi connectivity index (χ1v) is 10.4. The largest absolute Gasteiger partial charge is 0.274 e. The Labute approximate surface area is 171 Å². The monoisotopic (exact) mass is 389 g/mol. The molecule has 150 valence electrons. The number of benzene rings is 2. The molecule has 5 rings (SSSR count). The van der Waals surface area contributed by atoms with Crippen LogP contribution in [0.5, 0.6) is 0 Å². The minimum Gasteiger partial charge on any atom is -0.274 e. The van der Waals surface area contributed by atoms with Crippen LogP contribution in [0, 0.1) is 33.6 Å². The number of aryl methyl sites for hydroxylation is 4. The van der Waals surface area contributed by atoms with Gasteiger partial charge in [0.1, 0.15) is 6.04 Å². The molecule has 3 heterocycles. The lowest BCUT2D eigenvalue weighted by molar-refractivity contribution is -0.126. The third-order valence-electron chi connectivity index (χ3n) is 6.68. The summed E-state index contributed by atoms with van der Waals surface area (Å²) in [6.45, 7) is 9.82. The molecule has 0 bridgehead atoms. The fourth-order valence-electron chi connectivity index (χ4n) is 5.62. The Balaban J connectivity index is 1.61. The molecule has 0 saturated carbocycles. The summed E-state index contributed by atoms with van der Waals surface area (Å²) in [5.41, 5.74) is 6.20. The van der Waals surface area contributed by atoms with Crippen LogP contribution < -0.4 is 4.90 Å². The average molecular weight is 389 g/mol. The first-order chi connectivity index (χ1) is 13.9. The van der Waals surface area contributed by atoms with Crippen LogP contribution in [0.1, 0.15) is 40.3 Å². The summed E-state index contributed by atoms with van der Waals surface area (Å²) in [6, 6.07) is 12.1. The number of nitrogens with zero attached hydrogens (tertiary/aromatic N) is 3. The zero-order valence-electron chi connectivity index (χ0n) is 17.5. The second-order valence-corrected chi connectivity index (χ2v) is 8.77. The second-order valence-electron chi connectivity index (χ2n) is 8.77. The Morgan fingerprint density at radius 3 is 1.97 bits per heavy atom. The molecule has 29 heavy (non-hydrogen) atoms. The smallest absolute Gasteiger partial charge is 0.253 e. The van der Waals surface area contributed by atoms with Crippen LogP contribution in [-0.2, 0) is 9.59 Å². The van der Waals surface area contributed by atoms with Gasteiger partial charge in [0.25, 0.3) is 5.91 Å². The normalized spacial score (nSPS) is 27.0. The zero-order chi connectivity index (χ0) is 20.4. The van der Waals surface area contributed by atoms with Crippen molar-refractivity contribution >= 4 is 17.5 Å². The highest BCUT2D eigenvalue weighted by molar-refractivity contribution is 6.24. The van der Waals surface area contributed by atoms with E-state index in [0.717, 1.165) is 47.5 Å². The molecule has 5 nitrogen and oxygen atoms in total. The molecule has 0 aliphatic carbocycles. The number of carbonyl (C=O) groups excluding carboxylic acids is 2. The van der Waals surface area contributed by atoms with Crippen LogP contribution in [0.15, 0.2) is 36.4 Å². The molecule has 0 aromatic heterocycles. The summed E-state index contributed by atoms with van der Waals surface area (Å²) in [5, 5.41) is 4.43. The Morgan fingerprint density at radius 1 is 0.759 bits per heavy atom. The highest BCUT2D eigenvalue weighted by Gasteiger charge is 2.63. The predicted octanol–water partition coefficient (Wildman–Crippen LogP) is 3.46. The van der Waals surface area contributed by atoms with E-state index in [1.807, 2.05) is 20.8 Å². The molecule has 0 unspecified atom stereocenters. The van der Waals surface area contributed by atoms with Crippen molar-refractivity contribution in [3.05, 3.63) is 64.2 Å². The summed E-state index contributed by atoms with van der Waals surface area (Å²) in [5.74, 6) is -0.489. The van der Waals surface area contributed by atoms with Crippen LogP contribution in [0.2, 0.25) is 0 Å². The van der Waals surface area contributed by atoms with Gasteiger partial charge in [0.2, 0.25) is 5.91 Å². The Bertz CT molecular complexity index is 990. The van der Waals surface area contributed by atoms with Gasteiger partial charge in [-0.1, -0.05) is 47.5 Å². The molecule has 0 radical (unpaired) electrons. The maximum absolute atomic E-state index is 13.7. The molecule has 2 aromatic rings. The molecule has 3 aliphatic heterocycles. The lowest BCUT2D eigenvalue weighted by atomic mass is 9.89. The molecular weight excluding hydrogens is 362 g/mol. The lowest BCUT2D eigenvalue weighted by Gasteiger charge is -2.30. The van der Waals surface area contributed by atoms with Crippen molar-refractivity contribution in [1.29, 1.82) is 0 Å². The fraction of sp³-hybridized carbons (Fsp3) is 0.417. The molecule has 0 N–H and O–H groups in total. The number of anilines is 1. The summed E-state index contributed by atoms with van der Waals surface area (Å²) in [7, 11) is 0. The van der Waals surface area contributed by atoms with Crippen molar-refractivity contribution in [1.82, 2.24) is 10.0 Å². The first kappa shape index (κ1) is 18.5. The standard InChI is InChI=1S/C24H27N3O2/c1-14-6-8-18(9-7-14)21-19-22(26-11-5-10-25(21)26)24(29)27(23(19)28)20-16(3)12-15(2)13-17(20)4/h6-9,12-13,19,21-22H,5,10-11H2,1-4H3/t19-,21+,22+/m1/s1. The Kier molecular flexibility index (Phi) is 4.16. The van der Waals surface area contributed by atoms with Crippen LogP contribution >= 0.6 is 0 Å². The van der Waals surface area contributed by atoms with Gasteiger partial charge in [-0.05, 0) is 50.8 Å². The van der Waals surface area contributed by atoms with Gasteiger partial charge in [-0.25, -0.2) is 14.9 Å². The molecule has 0 spiro atoms. The average Bonchev–Trinajstić information content (AvgIpc) is 3.30. The van der Waals surface area contributed by atoms with Crippen molar-refractivity contribution in [2.75, 3.05) is 18.0 Å². The summed E-state index contributed by atoms with van der Waals surface area (Å²) in [6.07, 6.45) is 1.02. The van der Waals surface area contributed by atoms with E-state index in [1.165, 1.54) is 10.5 Å². The molecule has 2 amide bonds. The molecule has 2 aromatic carbocycles. The Morgan fingerprint density at radius 2 is 1.34 bits per heavy atom. The number of fused-ring (bicyclic) bond motifs is 3. The van der Waals surface area contributed by atoms with Crippen LogP contribution in [0.3, 0.4) is 0 Å². The van der Waals surface area contributed by atoms with Crippen LogP contribution in [0.25, 0.3) is 0 Å².